The zero-order chi connectivity index (χ0) is 12.0. The van der Waals surface area contributed by atoms with Gasteiger partial charge in [-0.1, -0.05) is 13.0 Å². The maximum absolute atomic E-state index is 11.6. The first-order chi connectivity index (χ1) is 7.58. The second kappa shape index (κ2) is 6.69. The summed E-state index contributed by atoms with van der Waals surface area (Å²) >= 11 is 0. The van der Waals surface area contributed by atoms with E-state index in [1.54, 1.807) is 6.08 Å². The Hall–Kier alpha value is -0.830. The summed E-state index contributed by atoms with van der Waals surface area (Å²) in [7, 11) is 3.98. The van der Waals surface area contributed by atoms with E-state index >= 15 is 0 Å². The van der Waals surface area contributed by atoms with Gasteiger partial charge in [0.05, 0.1) is 0 Å². The van der Waals surface area contributed by atoms with E-state index in [4.69, 9.17) is 0 Å². The quantitative estimate of drug-likeness (QED) is 0.739. The van der Waals surface area contributed by atoms with Crippen LogP contribution in [-0.2, 0) is 4.79 Å². The van der Waals surface area contributed by atoms with Gasteiger partial charge in [0.2, 0.25) is 5.91 Å². The summed E-state index contributed by atoms with van der Waals surface area (Å²) in [5.74, 6) is 0.888. The molecule has 1 saturated carbocycles. The van der Waals surface area contributed by atoms with Crippen LogP contribution < -0.4 is 5.32 Å². The largest absolute Gasteiger partial charge is 0.350 e. The number of amides is 1. The molecule has 92 valence electrons. The molecule has 3 nitrogen and oxygen atoms in total. The first-order valence-electron chi connectivity index (χ1n) is 6.19. The molecule has 16 heavy (non-hydrogen) atoms. The Morgan fingerprint density at radius 3 is 2.50 bits per heavy atom. The minimum absolute atomic E-state index is 0.0569. The van der Waals surface area contributed by atoms with Gasteiger partial charge >= 0.3 is 0 Å². The van der Waals surface area contributed by atoms with Crippen molar-refractivity contribution in [2.75, 3.05) is 20.6 Å². The fourth-order valence-corrected chi connectivity index (χ4v) is 2.02. The van der Waals surface area contributed by atoms with E-state index in [0.717, 1.165) is 25.3 Å². The van der Waals surface area contributed by atoms with Crippen molar-refractivity contribution in [2.24, 2.45) is 5.92 Å². The van der Waals surface area contributed by atoms with Gasteiger partial charge in [-0.05, 0) is 45.7 Å². The lowest BCUT2D eigenvalue weighted by atomic mass is 9.87. The van der Waals surface area contributed by atoms with Crippen LogP contribution in [0.5, 0.6) is 0 Å². The molecule has 0 saturated heterocycles. The molecule has 0 aromatic heterocycles. The van der Waals surface area contributed by atoms with Crippen LogP contribution in [0.1, 0.15) is 32.6 Å². The Labute approximate surface area is 98.9 Å². The van der Waals surface area contributed by atoms with Crippen molar-refractivity contribution in [3.8, 4) is 0 Å². The third-order valence-corrected chi connectivity index (χ3v) is 3.10. The Bertz CT molecular complexity index is 240. The first kappa shape index (κ1) is 13.2. The molecule has 1 rings (SSSR count). The Kier molecular flexibility index (Phi) is 5.53. The highest BCUT2D eigenvalue weighted by molar-refractivity contribution is 5.87. The number of nitrogens with zero attached hydrogens (tertiary/aromatic N) is 1. The van der Waals surface area contributed by atoms with Crippen molar-refractivity contribution < 1.29 is 4.79 Å². The summed E-state index contributed by atoms with van der Waals surface area (Å²) < 4.78 is 0. The van der Waals surface area contributed by atoms with Gasteiger partial charge in [-0.15, -0.1) is 0 Å². The zero-order valence-corrected chi connectivity index (χ0v) is 10.7. The number of carbonyl (C=O) groups is 1. The number of hydrogen-bond acceptors (Lipinski definition) is 2. The van der Waals surface area contributed by atoms with Crippen LogP contribution >= 0.6 is 0 Å². The van der Waals surface area contributed by atoms with Crippen LogP contribution in [-0.4, -0.2) is 37.5 Å². The van der Waals surface area contributed by atoms with E-state index in [1.165, 1.54) is 12.8 Å². The highest BCUT2D eigenvalue weighted by atomic mass is 16.1. The molecule has 1 amide bonds. The summed E-state index contributed by atoms with van der Waals surface area (Å²) in [5.41, 5.74) is 0. The van der Waals surface area contributed by atoms with Gasteiger partial charge in [-0.25, -0.2) is 0 Å². The van der Waals surface area contributed by atoms with Crippen LogP contribution in [0.15, 0.2) is 12.2 Å². The third-order valence-electron chi connectivity index (χ3n) is 3.10. The van der Waals surface area contributed by atoms with E-state index in [9.17, 15) is 4.79 Å². The predicted molar refractivity (Wildman–Crippen MR) is 67.3 cm³/mol. The van der Waals surface area contributed by atoms with Crippen molar-refractivity contribution in [1.82, 2.24) is 10.2 Å². The first-order valence-corrected chi connectivity index (χ1v) is 6.19. The lowest BCUT2D eigenvalue weighted by molar-refractivity contribution is -0.117. The van der Waals surface area contributed by atoms with Crippen LogP contribution in [0, 0.1) is 5.92 Å². The van der Waals surface area contributed by atoms with Crippen molar-refractivity contribution in [3.05, 3.63) is 12.2 Å². The maximum atomic E-state index is 11.6. The number of hydrogen-bond donors (Lipinski definition) is 1. The number of likely N-dealkylation sites (N-methyl/N-ethyl adjacent to an activating group) is 1. The Balaban J connectivity index is 2.21. The summed E-state index contributed by atoms with van der Waals surface area (Å²) in [6.45, 7) is 3.10. The molecule has 1 N–H and O–H groups in total. The monoisotopic (exact) mass is 224 g/mol. The van der Waals surface area contributed by atoms with E-state index in [0.29, 0.717) is 6.04 Å². The minimum Gasteiger partial charge on any atom is -0.350 e. The SMILES string of the molecule is CN(C)C/C=C/C(=O)N[C@H]1CC[C@H](C)CC1. The number of carbonyl (C=O) groups excluding carboxylic acids is 1. The standard InChI is InChI=1S/C13H24N2O/c1-11-6-8-12(9-7-11)14-13(16)5-4-10-15(2)3/h4-5,11-12H,6-10H2,1-3H3,(H,14,16)/b5-4+/t11-,12-. The summed E-state index contributed by atoms with van der Waals surface area (Å²) in [6.07, 6.45) is 8.31. The minimum atomic E-state index is 0.0569. The third kappa shape index (κ3) is 5.31. The topological polar surface area (TPSA) is 32.3 Å². The molecule has 3 heteroatoms. The molecule has 0 aliphatic heterocycles. The average molecular weight is 224 g/mol. The Morgan fingerprint density at radius 2 is 1.94 bits per heavy atom. The van der Waals surface area contributed by atoms with Gasteiger partial charge in [-0.3, -0.25) is 4.79 Å². The molecule has 0 radical (unpaired) electrons. The number of rotatable bonds is 4. The predicted octanol–water partition coefficient (Wildman–Crippen LogP) is 1.80. The fourth-order valence-electron chi connectivity index (χ4n) is 2.02. The van der Waals surface area contributed by atoms with Gasteiger partial charge in [0.1, 0.15) is 0 Å². The van der Waals surface area contributed by atoms with Crippen molar-refractivity contribution >= 4 is 5.91 Å². The zero-order valence-electron chi connectivity index (χ0n) is 10.7. The fraction of sp³-hybridized carbons (Fsp3) is 0.769. The van der Waals surface area contributed by atoms with Gasteiger partial charge in [0.15, 0.2) is 0 Å². The molecule has 0 atom stereocenters. The highest BCUT2D eigenvalue weighted by Gasteiger charge is 2.18. The summed E-state index contributed by atoms with van der Waals surface area (Å²) in [4.78, 5) is 13.6. The Morgan fingerprint density at radius 1 is 1.31 bits per heavy atom. The van der Waals surface area contributed by atoms with E-state index in [-0.39, 0.29) is 5.91 Å². The van der Waals surface area contributed by atoms with Crippen LogP contribution in [0.4, 0.5) is 0 Å². The van der Waals surface area contributed by atoms with Gasteiger partial charge in [-0.2, -0.15) is 0 Å². The van der Waals surface area contributed by atoms with E-state index in [1.807, 2.05) is 25.1 Å². The molecule has 0 heterocycles. The number of nitrogens with one attached hydrogen (secondary N) is 1. The van der Waals surface area contributed by atoms with Gasteiger partial charge < -0.3 is 10.2 Å². The average Bonchev–Trinajstić information content (AvgIpc) is 2.21. The molecule has 0 spiro atoms. The van der Waals surface area contributed by atoms with Crippen molar-refractivity contribution in [1.29, 1.82) is 0 Å². The van der Waals surface area contributed by atoms with E-state index in [2.05, 4.69) is 12.2 Å². The molecule has 0 unspecified atom stereocenters. The van der Waals surface area contributed by atoms with Crippen molar-refractivity contribution in [2.45, 2.75) is 38.6 Å². The van der Waals surface area contributed by atoms with E-state index < -0.39 is 0 Å². The summed E-state index contributed by atoms with van der Waals surface area (Å²) in [6, 6.07) is 0.396. The lowest BCUT2D eigenvalue weighted by Crippen LogP contribution is -2.36. The molecule has 1 aliphatic carbocycles. The van der Waals surface area contributed by atoms with Gasteiger partial charge in [0.25, 0.3) is 0 Å². The molecule has 0 aromatic carbocycles. The molecule has 0 aromatic rings. The summed E-state index contributed by atoms with van der Waals surface area (Å²) in [5, 5.41) is 3.07. The van der Waals surface area contributed by atoms with Crippen molar-refractivity contribution in [3.63, 3.8) is 0 Å². The molecular weight excluding hydrogens is 200 g/mol. The smallest absolute Gasteiger partial charge is 0.243 e. The van der Waals surface area contributed by atoms with Crippen LogP contribution in [0.2, 0.25) is 0 Å². The molecule has 0 bridgehead atoms. The highest BCUT2D eigenvalue weighted by Crippen LogP contribution is 2.23. The van der Waals surface area contributed by atoms with Crippen LogP contribution in [0.3, 0.4) is 0 Å². The normalized spacial score (nSPS) is 26.2. The molecular formula is C13H24N2O. The second-order valence-corrected chi connectivity index (χ2v) is 5.13. The lowest BCUT2D eigenvalue weighted by Gasteiger charge is -2.26. The maximum Gasteiger partial charge on any atom is 0.243 e. The second-order valence-electron chi connectivity index (χ2n) is 5.13. The molecule has 1 aliphatic rings. The van der Waals surface area contributed by atoms with Gasteiger partial charge in [0, 0.05) is 18.7 Å². The molecule has 1 fully saturated rings. The van der Waals surface area contributed by atoms with Crippen LogP contribution in [0.25, 0.3) is 0 Å².